The van der Waals surface area contributed by atoms with Gasteiger partial charge in [-0.2, -0.15) is 0 Å². The van der Waals surface area contributed by atoms with Crippen LogP contribution in [0, 0.1) is 11.7 Å². The van der Waals surface area contributed by atoms with E-state index in [0.29, 0.717) is 12.5 Å². The van der Waals surface area contributed by atoms with Crippen LogP contribution < -0.4 is 0 Å². The Bertz CT molecular complexity index is 258. The third kappa shape index (κ3) is 4.04. The van der Waals surface area contributed by atoms with Gasteiger partial charge >= 0.3 is 0 Å². The van der Waals surface area contributed by atoms with Crippen LogP contribution in [-0.4, -0.2) is 6.61 Å². The third-order valence-electron chi connectivity index (χ3n) is 1.61. The van der Waals surface area contributed by atoms with Gasteiger partial charge in [0.15, 0.2) is 0 Å². The molecular weight excluding hydrogens is 167 g/mol. The molecule has 2 heteroatoms. The summed E-state index contributed by atoms with van der Waals surface area (Å²) in [5.41, 5.74) is 0.889. The summed E-state index contributed by atoms with van der Waals surface area (Å²) in [6, 6.07) is 6.50. The summed E-state index contributed by atoms with van der Waals surface area (Å²) < 4.78 is 18.1. The summed E-state index contributed by atoms with van der Waals surface area (Å²) in [4.78, 5) is 0. The molecule has 1 aromatic rings. The van der Waals surface area contributed by atoms with E-state index in [-0.39, 0.29) is 5.82 Å². The van der Waals surface area contributed by atoms with Crippen LogP contribution >= 0.6 is 0 Å². The number of halogens is 1. The van der Waals surface area contributed by atoms with Gasteiger partial charge < -0.3 is 4.74 Å². The molecule has 72 valence electrons. The van der Waals surface area contributed by atoms with Crippen molar-refractivity contribution in [3.63, 3.8) is 0 Å². The molecule has 0 bridgehead atoms. The number of benzene rings is 1. The first-order valence-corrected chi connectivity index (χ1v) is 4.50. The van der Waals surface area contributed by atoms with Gasteiger partial charge in [-0.3, -0.25) is 0 Å². The zero-order valence-electron chi connectivity index (χ0n) is 8.09. The number of hydrogen-bond donors (Lipinski definition) is 0. The lowest BCUT2D eigenvalue weighted by atomic mass is 10.2. The van der Waals surface area contributed by atoms with Crippen LogP contribution in [0.15, 0.2) is 24.3 Å². The van der Waals surface area contributed by atoms with Gasteiger partial charge in [-0.25, -0.2) is 4.39 Å². The molecule has 0 saturated heterocycles. The summed E-state index contributed by atoms with van der Waals surface area (Å²) in [5, 5.41) is 0. The van der Waals surface area contributed by atoms with Gasteiger partial charge in [0.2, 0.25) is 0 Å². The Morgan fingerprint density at radius 3 is 2.77 bits per heavy atom. The highest BCUT2D eigenvalue weighted by molar-refractivity contribution is 5.15. The Kier molecular flexibility index (Phi) is 3.90. The first-order valence-electron chi connectivity index (χ1n) is 4.50. The van der Waals surface area contributed by atoms with Crippen molar-refractivity contribution in [2.75, 3.05) is 6.61 Å². The van der Waals surface area contributed by atoms with Gasteiger partial charge in [-0.15, -0.1) is 0 Å². The van der Waals surface area contributed by atoms with E-state index in [2.05, 4.69) is 13.8 Å². The fraction of sp³-hybridized carbons (Fsp3) is 0.455. The van der Waals surface area contributed by atoms with Gasteiger partial charge in [-0.05, 0) is 23.6 Å². The van der Waals surface area contributed by atoms with Gasteiger partial charge in [0.1, 0.15) is 5.82 Å². The molecule has 0 atom stereocenters. The van der Waals surface area contributed by atoms with Crippen molar-refractivity contribution in [2.45, 2.75) is 20.5 Å². The predicted molar refractivity (Wildman–Crippen MR) is 50.9 cm³/mol. The Morgan fingerprint density at radius 1 is 1.38 bits per heavy atom. The standard InChI is InChI=1S/C11H15FO/c1-9(2)7-13-8-10-4-3-5-11(12)6-10/h3-6,9H,7-8H2,1-2H3. The minimum absolute atomic E-state index is 0.203. The SMILES string of the molecule is CC(C)COCc1cccc(F)c1. The second kappa shape index (κ2) is 4.97. The fourth-order valence-electron chi connectivity index (χ4n) is 1.04. The molecule has 0 amide bonds. The van der Waals surface area contributed by atoms with E-state index in [1.165, 1.54) is 12.1 Å². The van der Waals surface area contributed by atoms with Crippen LogP contribution in [-0.2, 0) is 11.3 Å². The van der Waals surface area contributed by atoms with Crippen molar-refractivity contribution in [3.05, 3.63) is 35.6 Å². The normalized spacial score (nSPS) is 10.8. The van der Waals surface area contributed by atoms with Crippen molar-refractivity contribution in [2.24, 2.45) is 5.92 Å². The number of ether oxygens (including phenoxy) is 1. The zero-order chi connectivity index (χ0) is 9.68. The fourth-order valence-corrected chi connectivity index (χ4v) is 1.04. The molecule has 1 nitrogen and oxygen atoms in total. The van der Waals surface area contributed by atoms with Crippen LogP contribution in [0.3, 0.4) is 0 Å². The van der Waals surface area contributed by atoms with Crippen molar-refractivity contribution < 1.29 is 9.13 Å². The maximum atomic E-state index is 12.7. The Morgan fingerprint density at radius 2 is 2.15 bits per heavy atom. The quantitative estimate of drug-likeness (QED) is 0.695. The highest BCUT2D eigenvalue weighted by atomic mass is 19.1. The molecule has 0 aliphatic carbocycles. The molecule has 0 N–H and O–H groups in total. The summed E-state index contributed by atoms with van der Waals surface area (Å²) in [6.07, 6.45) is 0. The van der Waals surface area contributed by atoms with E-state index in [1.807, 2.05) is 6.07 Å². The van der Waals surface area contributed by atoms with Crippen molar-refractivity contribution in [1.29, 1.82) is 0 Å². The maximum Gasteiger partial charge on any atom is 0.123 e. The van der Waals surface area contributed by atoms with Crippen molar-refractivity contribution in [1.82, 2.24) is 0 Å². The van der Waals surface area contributed by atoms with Crippen LogP contribution in [0.4, 0.5) is 4.39 Å². The van der Waals surface area contributed by atoms with Crippen LogP contribution in [0.1, 0.15) is 19.4 Å². The monoisotopic (exact) mass is 182 g/mol. The highest BCUT2D eigenvalue weighted by Gasteiger charge is 1.97. The van der Waals surface area contributed by atoms with E-state index in [9.17, 15) is 4.39 Å². The van der Waals surface area contributed by atoms with Crippen LogP contribution in [0.25, 0.3) is 0 Å². The smallest absolute Gasteiger partial charge is 0.123 e. The van der Waals surface area contributed by atoms with Crippen LogP contribution in [0.2, 0.25) is 0 Å². The molecular formula is C11H15FO. The molecule has 0 unspecified atom stereocenters. The molecule has 0 heterocycles. The second-order valence-corrected chi connectivity index (χ2v) is 3.54. The molecule has 0 saturated carbocycles. The summed E-state index contributed by atoms with van der Waals surface area (Å²) in [6.45, 7) is 5.39. The largest absolute Gasteiger partial charge is 0.377 e. The molecule has 0 aromatic heterocycles. The average Bonchev–Trinajstić information content (AvgIpc) is 2.03. The Labute approximate surface area is 78.5 Å². The summed E-state index contributed by atoms with van der Waals surface area (Å²) in [5.74, 6) is 0.319. The molecule has 1 rings (SSSR count). The summed E-state index contributed by atoms with van der Waals surface area (Å²) >= 11 is 0. The molecule has 0 fully saturated rings. The van der Waals surface area contributed by atoms with Crippen molar-refractivity contribution >= 4 is 0 Å². The molecule has 0 radical (unpaired) electrons. The third-order valence-corrected chi connectivity index (χ3v) is 1.61. The Balaban J connectivity index is 2.37. The van der Waals surface area contributed by atoms with E-state index in [1.54, 1.807) is 6.07 Å². The molecule has 0 aliphatic heterocycles. The molecule has 1 aromatic carbocycles. The minimum atomic E-state index is -0.203. The van der Waals surface area contributed by atoms with E-state index in [0.717, 1.165) is 12.2 Å². The topological polar surface area (TPSA) is 9.23 Å². The summed E-state index contributed by atoms with van der Waals surface area (Å²) in [7, 11) is 0. The first-order chi connectivity index (χ1) is 6.18. The van der Waals surface area contributed by atoms with Gasteiger partial charge in [0.05, 0.1) is 6.61 Å². The minimum Gasteiger partial charge on any atom is -0.377 e. The lowest BCUT2D eigenvalue weighted by molar-refractivity contribution is 0.0969. The van der Waals surface area contributed by atoms with Gasteiger partial charge in [0.25, 0.3) is 0 Å². The average molecular weight is 182 g/mol. The lowest BCUT2D eigenvalue weighted by Crippen LogP contribution is -2.01. The molecule has 13 heavy (non-hydrogen) atoms. The molecule has 0 spiro atoms. The van der Waals surface area contributed by atoms with Crippen LogP contribution in [0.5, 0.6) is 0 Å². The highest BCUT2D eigenvalue weighted by Crippen LogP contribution is 2.05. The number of rotatable bonds is 4. The predicted octanol–water partition coefficient (Wildman–Crippen LogP) is 3.00. The lowest BCUT2D eigenvalue weighted by Gasteiger charge is -2.06. The first kappa shape index (κ1) is 10.2. The zero-order valence-corrected chi connectivity index (χ0v) is 8.09. The van der Waals surface area contributed by atoms with Crippen molar-refractivity contribution in [3.8, 4) is 0 Å². The maximum absolute atomic E-state index is 12.7. The van der Waals surface area contributed by atoms with E-state index >= 15 is 0 Å². The van der Waals surface area contributed by atoms with Gasteiger partial charge in [-0.1, -0.05) is 26.0 Å². The van der Waals surface area contributed by atoms with E-state index < -0.39 is 0 Å². The van der Waals surface area contributed by atoms with E-state index in [4.69, 9.17) is 4.74 Å². The molecule has 0 aliphatic rings. The Hall–Kier alpha value is -0.890. The number of hydrogen-bond acceptors (Lipinski definition) is 1. The second-order valence-electron chi connectivity index (χ2n) is 3.54. The van der Waals surface area contributed by atoms with Gasteiger partial charge in [0, 0.05) is 6.61 Å².